The molecule has 4 heteroatoms. The van der Waals surface area contributed by atoms with Crippen LogP contribution in [0.4, 0.5) is 10.1 Å². The van der Waals surface area contributed by atoms with E-state index in [0.29, 0.717) is 25.7 Å². The van der Waals surface area contributed by atoms with Crippen molar-refractivity contribution in [3.63, 3.8) is 0 Å². The summed E-state index contributed by atoms with van der Waals surface area (Å²) in [6, 6.07) is 5.35. The van der Waals surface area contributed by atoms with Crippen molar-refractivity contribution >= 4 is 5.69 Å². The molecule has 0 spiro atoms. The van der Waals surface area contributed by atoms with E-state index < -0.39 is 0 Å². The van der Waals surface area contributed by atoms with Gasteiger partial charge in [0.1, 0.15) is 5.82 Å². The SMILES string of the molecule is CC(C)CNCc1cccc(F)c1N1CCOCC1(C)C. The van der Waals surface area contributed by atoms with Crippen LogP contribution in [0.15, 0.2) is 18.2 Å². The zero-order valence-corrected chi connectivity index (χ0v) is 13.6. The summed E-state index contributed by atoms with van der Waals surface area (Å²) in [6.07, 6.45) is 0. The van der Waals surface area contributed by atoms with Gasteiger partial charge in [-0.15, -0.1) is 0 Å². The minimum Gasteiger partial charge on any atom is -0.377 e. The van der Waals surface area contributed by atoms with Crippen LogP contribution in [0.5, 0.6) is 0 Å². The summed E-state index contributed by atoms with van der Waals surface area (Å²) in [5.74, 6) is 0.440. The lowest BCUT2D eigenvalue weighted by Gasteiger charge is -2.44. The predicted molar refractivity (Wildman–Crippen MR) is 85.2 cm³/mol. The van der Waals surface area contributed by atoms with Crippen LogP contribution in [0.2, 0.25) is 0 Å². The van der Waals surface area contributed by atoms with Gasteiger partial charge in [0.05, 0.1) is 24.4 Å². The first-order chi connectivity index (χ1) is 9.92. The van der Waals surface area contributed by atoms with E-state index in [1.165, 1.54) is 0 Å². The molecule has 1 aromatic rings. The molecule has 0 aliphatic carbocycles. The molecule has 2 rings (SSSR count). The van der Waals surface area contributed by atoms with Crippen molar-refractivity contribution in [3.05, 3.63) is 29.6 Å². The molecule has 1 aliphatic heterocycles. The topological polar surface area (TPSA) is 24.5 Å². The Morgan fingerprint density at radius 3 is 2.81 bits per heavy atom. The number of hydrogen-bond donors (Lipinski definition) is 1. The normalized spacial score (nSPS) is 18.3. The molecule has 0 bridgehead atoms. The van der Waals surface area contributed by atoms with Gasteiger partial charge in [-0.05, 0) is 37.9 Å². The van der Waals surface area contributed by atoms with Gasteiger partial charge in [0.25, 0.3) is 0 Å². The minimum absolute atomic E-state index is 0.145. The lowest BCUT2D eigenvalue weighted by molar-refractivity contribution is 0.0638. The second-order valence-corrected chi connectivity index (χ2v) is 6.79. The molecule has 1 N–H and O–H groups in total. The number of nitrogens with zero attached hydrogens (tertiary/aromatic N) is 1. The Morgan fingerprint density at radius 2 is 2.14 bits per heavy atom. The van der Waals surface area contributed by atoms with E-state index in [1.807, 2.05) is 6.07 Å². The first-order valence-electron chi connectivity index (χ1n) is 7.75. The van der Waals surface area contributed by atoms with Gasteiger partial charge in [-0.2, -0.15) is 0 Å². The minimum atomic E-state index is -0.187. The summed E-state index contributed by atoms with van der Waals surface area (Å²) < 4.78 is 20.0. The van der Waals surface area contributed by atoms with Crippen LogP contribution in [0.3, 0.4) is 0 Å². The predicted octanol–water partition coefficient (Wildman–Crippen LogP) is 3.19. The van der Waals surface area contributed by atoms with E-state index in [9.17, 15) is 4.39 Å². The highest BCUT2D eigenvalue weighted by atomic mass is 19.1. The quantitative estimate of drug-likeness (QED) is 0.902. The number of morpholine rings is 1. The first kappa shape index (κ1) is 16.2. The van der Waals surface area contributed by atoms with Crippen molar-refractivity contribution in [2.75, 3.05) is 31.2 Å². The molecular weight excluding hydrogens is 267 g/mol. The molecule has 0 amide bonds. The van der Waals surface area contributed by atoms with Gasteiger partial charge >= 0.3 is 0 Å². The first-order valence-corrected chi connectivity index (χ1v) is 7.75. The number of para-hydroxylation sites is 1. The molecule has 1 aromatic carbocycles. The largest absolute Gasteiger partial charge is 0.377 e. The second kappa shape index (κ2) is 6.75. The van der Waals surface area contributed by atoms with E-state index in [1.54, 1.807) is 12.1 Å². The van der Waals surface area contributed by atoms with Crippen LogP contribution in [-0.4, -0.2) is 31.8 Å². The van der Waals surface area contributed by atoms with Crippen LogP contribution in [0.1, 0.15) is 33.3 Å². The van der Waals surface area contributed by atoms with E-state index >= 15 is 0 Å². The van der Waals surface area contributed by atoms with Gasteiger partial charge in [0, 0.05) is 13.1 Å². The Kier molecular flexibility index (Phi) is 5.22. The van der Waals surface area contributed by atoms with Gasteiger partial charge in [0.15, 0.2) is 0 Å². The molecule has 1 aliphatic rings. The zero-order chi connectivity index (χ0) is 15.5. The number of rotatable bonds is 5. The van der Waals surface area contributed by atoms with Gasteiger partial charge in [-0.3, -0.25) is 0 Å². The molecule has 0 atom stereocenters. The molecular formula is C17H27FN2O. The average molecular weight is 294 g/mol. The smallest absolute Gasteiger partial charge is 0.146 e. The highest BCUT2D eigenvalue weighted by Crippen LogP contribution is 2.32. The van der Waals surface area contributed by atoms with Crippen LogP contribution >= 0.6 is 0 Å². The molecule has 0 radical (unpaired) electrons. The Hall–Kier alpha value is -1.13. The summed E-state index contributed by atoms with van der Waals surface area (Å²) in [7, 11) is 0. The maximum Gasteiger partial charge on any atom is 0.146 e. The van der Waals surface area contributed by atoms with Crippen LogP contribution in [0.25, 0.3) is 0 Å². The second-order valence-electron chi connectivity index (χ2n) is 6.79. The molecule has 1 heterocycles. The third-order valence-corrected chi connectivity index (χ3v) is 3.85. The fourth-order valence-electron chi connectivity index (χ4n) is 2.77. The van der Waals surface area contributed by atoms with E-state index in [0.717, 1.165) is 24.3 Å². The fourth-order valence-corrected chi connectivity index (χ4v) is 2.77. The third-order valence-electron chi connectivity index (χ3n) is 3.85. The van der Waals surface area contributed by atoms with Crippen LogP contribution in [-0.2, 0) is 11.3 Å². The molecule has 0 saturated carbocycles. The maximum atomic E-state index is 14.5. The number of hydrogen-bond acceptors (Lipinski definition) is 3. The molecule has 3 nitrogen and oxygen atoms in total. The highest BCUT2D eigenvalue weighted by Gasteiger charge is 2.33. The highest BCUT2D eigenvalue weighted by molar-refractivity contribution is 5.57. The van der Waals surface area contributed by atoms with Gasteiger partial charge in [-0.25, -0.2) is 4.39 Å². The summed E-state index contributed by atoms with van der Waals surface area (Å²) in [4.78, 5) is 2.15. The van der Waals surface area contributed by atoms with Gasteiger partial charge < -0.3 is 15.0 Å². The van der Waals surface area contributed by atoms with Gasteiger partial charge in [-0.1, -0.05) is 26.0 Å². The van der Waals surface area contributed by atoms with E-state index in [-0.39, 0.29) is 11.4 Å². The van der Waals surface area contributed by atoms with Gasteiger partial charge in [0.2, 0.25) is 0 Å². The van der Waals surface area contributed by atoms with Crippen molar-refractivity contribution in [2.45, 2.75) is 39.8 Å². The maximum absolute atomic E-state index is 14.5. The molecule has 118 valence electrons. The van der Waals surface area contributed by atoms with E-state index in [2.05, 4.69) is 37.9 Å². The fraction of sp³-hybridized carbons (Fsp3) is 0.647. The lowest BCUT2D eigenvalue weighted by Crippen LogP contribution is -2.54. The number of anilines is 1. The summed E-state index contributed by atoms with van der Waals surface area (Å²) in [6.45, 7) is 12.2. The van der Waals surface area contributed by atoms with E-state index in [4.69, 9.17) is 4.74 Å². The summed E-state index contributed by atoms with van der Waals surface area (Å²) in [5, 5.41) is 3.41. The summed E-state index contributed by atoms with van der Waals surface area (Å²) >= 11 is 0. The number of halogens is 1. The van der Waals surface area contributed by atoms with Crippen molar-refractivity contribution in [3.8, 4) is 0 Å². The molecule has 0 unspecified atom stereocenters. The molecule has 0 aromatic heterocycles. The number of nitrogens with one attached hydrogen (secondary N) is 1. The Bertz CT molecular complexity index is 474. The van der Waals surface area contributed by atoms with Crippen molar-refractivity contribution in [2.24, 2.45) is 5.92 Å². The van der Waals surface area contributed by atoms with Crippen molar-refractivity contribution < 1.29 is 9.13 Å². The monoisotopic (exact) mass is 294 g/mol. The summed E-state index contributed by atoms with van der Waals surface area (Å²) in [5.41, 5.74) is 1.56. The zero-order valence-electron chi connectivity index (χ0n) is 13.6. The van der Waals surface area contributed by atoms with Crippen LogP contribution < -0.4 is 10.2 Å². The Morgan fingerprint density at radius 1 is 1.38 bits per heavy atom. The molecule has 21 heavy (non-hydrogen) atoms. The number of ether oxygens (including phenoxy) is 1. The lowest BCUT2D eigenvalue weighted by atomic mass is 9.99. The average Bonchev–Trinajstić information content (AvgIpc) is 2.39. The Balaban J connectivity index is 2.24. The number of benzene rings is 1. The van der Waals surface area contributed by atoms with Crippen molar-refractivity contribution in [1.29, 1.82) is 0 Å². The molecule has 1 saturated heterocycles. The standard InChI is InChI=1S/C17H27FN2O/c1-13(2)10-19-11-14-6-5-7-15(18)16(14)20-8-9-21-12-17(20,3)4/h5-7,13,19H,8-12H2,1-4H3. The Labute approximate surface area is 127 Å². The van der Waals surface area contributed by atoms with Crippen LogP contribution in [0, 0.1) is 11.7 Å². The van der Waals surface area contributed by atoms with Crippen molar-refractivity contribution in [1.82, 2.24) is 5.32 Å². The molecule has 1 fully saturated rings. The third kappa shape index (κ3) is 3.95.